The molecule has 1 N–H and O–H groups in total. The second-order valence-electron chi connectivity index (χ2n) is 7.40. The summed E-state index contributed by atoms with van der Waals surface area (Å²) in [6.45, 7) is 3.65. The standard InChI is InChI=1S/C21H27N3O2S/c1-15-6-8-16(9-7-15)13-24-14-17(11-20(24)25)21(26)22-12-18(23(2)3)19-5-4-10-27-19/h4-10,17-18H,11-14H2,1-3H3,(H,22,26)/t17-,18+/m1/s1. The number of carbonyl (C=O) groups is 2. The fourth-order valence-corrected chi connectivity index (χ4v) is 4.30. The van der Waals surface area contributed by atoms with E-state index >= 15 is 0 Å². The van der Waals surface area contributed by atoms with E-state index in [1.165, 1.54) is 10.4 Å². The van der Waals surface area contributed by atoms with E-state index in [2.05, 4.69) is 16.3 Å². The predicted molar refractivity (Wildman–Crippen MR) is 108 cm³/mol. The van der Waals surface area contributed by atoms with Crippen LogP contribution in [0.25, 0.3) is 0 Å². The van der Waals surface area contributed by atoms with Crippen LogP contribution in [-0.4, -0.2) is 48.8 Å². The van der Waals surface area contributed by atoms with Gasteiger partial charge < -0.3 is 15.1 Å². The number of thiophene rings is 1. The van der Waals surface area contributed by atoms with Crippen molar-refractivity contribution in [2.75, 3.05) is 27.2 Å². The number of likely N-dealkylation sites (tertiary alicyclic amines) is 1. The molecule has 0 bridgehead atoms. The van der Waals surface area contributed by atoms with Crippen LogP contribution in [0.4, 0.5) is 0 Å². The summed E-state index contributed by atoms with van der Waals surface area (Å²) in [6, 6.07) is 12.4. The molecule has 1 aromatic heterocycles. The van der Waals surface area contributed by atoms with E-state index in [1.807, 2.05) is 56.7 Å². The number of aryl methyl sites for hydroxylation is 1. The number of nitrogens with one attached hydrogen (secondary N) is 1. The molecule has 1 saturated heterocycles. The van der Waals surface area contributed by atoms with Gasteiger partial charge in [0.05, 0.1) is 12.0 Å². The first-order chi connectivity index (χ1) is 12.9. The number of nitrogens with zero attached hydrogens (tertiary/aromatic N) is 2. The Morgan fingerprint density at radius 3 is 2.67 bits per heavy atom. The van der Waals surface area contributed by atoms with Gasteiger partial charge in [-0.15, -0.1) is 11.3 Å². The van der Waals surface area contributed by atoms with Crippen LogP contribution in [0.5, 0.6) is 0 Å². The molecule has 27 heavy (non-hydrogen) atoms. The summed E-state index contributed by atoms with van der Waals surface area (Å²) in [5, 5.41) is 5.10. The number of amides is 2. The number of likely N-dealkylation sites (N-methyl/N-ethyl adjacent to an activating group) is 1. The van der Waals surface area contributed by atoms with E-state index in [0.717, 1.165) is 5.56 Å². The first kappa shape index (κ1) is 19.6. The highest BCUT2D eigenvalue weighted by molar-refractivity contribution is 7.10. The Morgan fingerprint density at radius 1 is 1.30 bits per heavy atom. The van der Waals surface area contributed by atoms with Gasteiger partial charge in [0.2, 0.25) is 11.8 Å². The second-order valence-corrected chi connectivity index (χ2v) is 8.38. The normalized spacial score (nSPS) is 18.1. The first-order valence-corrected chi connectivity index (χ1v) is 10.1. The van der Waals surface area contributed by atoms with Crippen molar-refractivity contribution < 1.29 is 9.59 Å². The van der Waals surface area contributed by atoms with Crippen LogP contribution in [-0.2, 0) is 16.1 Å². The van der Waals surface area contributed by atoms with Crippen molar-refractivity contribution in [3.63, 3.8) is 0 Å². The zero-order chi connectivity index (χ0) is 19.4. The lowest BCUT2D eigenvalue weighted by Gasteiger charge is -2.24. The summed E-state index contributed by atoms with van der Waals surface area (Å²) in [7, 11) is 4.03. The van der Waals surface area contributed by atoms with Crippen LogP contribution >= 0.6 is 11.3 Å². The largest absolute Gasteiger partial charge is 0.354 e. The van der Waals surface area contributed by atoms with Crippen molar-refractivity contribution in [3.05, 3.63) is 57.8 Å². The van der Waals surface area contributed by atoms with Crippen molar-refractivity contribution in [3.8, 4) is 0 Å². The maximum absolute atomic E-state index is 12.6. The van der Waals surface area contributed by atoms with E-state index in [4.69, 9.17) is 0 Å². The van der Waals surface area contributed by atoms with E-state index in [-0.39, 0.29) is 23.8 Å². The molecule has 1 aromatic carbocycles. The lowest BCUT2D eigenvalue weighted by atomic mass is 10.1. The quantitative estimate of drug-likeness (QED) is 0.797. The fraction of sp³-hybridized carbons (Fsp3) is 0.429. The maximum Gasteiger partial charge on any atom is 0.225 e. The molecule has 144 valence electrons. The third-order valence-corrected chi connectivity index (χ3v) is 6.02. The Bertz CT molecular complexity index is 771. The molecule has 3 rings (SSSR count). The summed E-state index contributed by atoms with van der Waals surface area (Å²) in [4.78, 5) is 30.1. The Hall–Kier alpha value is -2.18. The average Bonchev–Trinajstić information content (AvgIpc) is 3.27. The minimum Gasteiger partial charge on any atom is -0.354 e. The zero-order valence-corrected chi connectivity index (χ0v) is 17.0. The van der Waals surface area contributed by atoms with Gasteiger partial charge >= 0.3 is 0 Å². The van der Waals surface area contributed by atoms with Crippen LogP contribution in [0, 0.1) is 12.8 Å². The highest BCUT2D eigenvalue weighted by atomic mass is 32.1. The molecule has 6 heteroatoms. The van der Waals surface area contributed by atoms with Gasteiger partial charge in [0.15, 0.2) is 0 Å². The van der Waals surface area contributed by atoms with Gasteiger partial charge in [0, 0.05) is 30.9 Å². The van der Waals surface area contributed by atoms with Crippen molar-refractivity contribution in [2.24, 2.45) is 5.92 Å². The Labute approximate surface area is 165 Å². The van der Waals surface area contributed by atoms with Crippen LogP contribution in [0.15, 0.2) is 41.8 Å². The maximum atomic E-state index is 12.6. The number of carbonyl (C=O) groups excluding carboxylic acids is 2. The lowest BCUT2D eigenvalue weighted by molar-refractivity contribution is -0.129. The molecule has 1 aliphatic heterocycles. The number of hydrogen-bond donors (Lipinski definition) is 1. The third kappa shape index (κ3) is 4.96. The Balaban J connectivity index is 1.54. The van der Waals surface area contributed by atoms with Crippen molar-refractivity contribution in [1.29, 1.82) is 0 Å². The number of rotatable bonds is 7. The van der Waals surface area contributed by atoms with E-state index in [0.29, 0.717) is 26.1 Å². The topological polar surface area (TPSA) is 52.7 Å². The number of hydrogen-bond acceptors (Lipinski definition) is 4. The highest BCUT2D eigenvalue weighted by Gasteiger charge is 2.34. The van der Waals surface area contributed by atoms with Gasteiger partial charge in [0.1, 0.15) is 0 Å². The SMILES string of the molecule is Cc1ccc(CN2C[C@H](C(=O)NC[C@@H](c3cccs3)N(C)C)CC2=O)cc1. The third-order valence-electron chi connectivity index (χ3n) is 5.04. The van der Waals surface area contributed by atoms with Crippen LogP contribution in [0.2, 0.25) is 0 Å². The minimum absolute atomic E-state index is 0.0295. The fourth-order valence-electron chi connectivity index (χ4n) is 3.37. The van der Waals surface area contributed by atoms with E-state index < -0.39 is 0 Å². The van der Waals surface area contributed by atoms with Crippen LogP contribution in [0.3, 0.4) is 0 Å². The van der Waals surface area contributed by atoms with Gasteiger partial charge in [0.25, 0.3) is 0 Å². The molecule has 0 unspecified atom stereocenters. The molecule has 2 heterocycles. The van der Waals surface area contributed by atoms with Gasteiger partial charge in [-0.05, 0) is 38.0 Å². The van der Waals surface area contributed by atoms with Gasteiger partial charge in [-0.25, -0.2) is 0 Å². The van der Waals surface area contributed by atoms with Gasteiger partial charge in [-0.1, -0.05) is 35.9 Å². The Kier molecular flexibility index (Phi) is 6.29. The van der Waals surface area contributed by atoms with E-state index in [1.54, 1.807) is 16.2 Å². The molecule has 0 spiro atoms. The zero-order valence-electron chi connectivity index (χ0n) is 16.1. The highest BCUT2D eigenvalue weighted by Crippen LogP contribution is 2.24. The molecule has 1 aliphatic rings. The van der Waals surface area contributed by atoms with Gasteiger partial charge in [-0.3, -0.25) is 9.59 Å². The summed E-state index contributed by atoms with van der Waals surface area (Å²) in [6.07, 6.45) is 0.295. The molecule has 2 amide bonds. The molecule has 0 aliphatic carbocycles. The number of benzene rings is 1. The molecule has 2 atom stereocenters. The summed E-state index contributed by atoms with van der Waals surface area (Å²) in [5.74, 6) is -0.245. The first-order valence-electron chi connectivity index (χ1n) is 9.25. The molecular formula is C21H27N3O2S. The molecule has 1 fully saturated rings. The second kappa shape index (κ2) is 8.67. The molecule has 0 saturated carbocycles. The van der Waals surface area contributed by atoms with Gasteiger partial charge in [-0.2, -0.15) is 0 Å². The van der Waals surface area contributed by atoms with E-state index in [9.17, 15) is 9.59 Å². The summed E-state index contributed by atoms with van der Waals surface area (Å²) >= 11 is 1.69. The Morgan fingerprint density at radius 2 is 2.04 bits per heavy atom. The predicted octanol–water partition coefficient (Wildman–Crippen LogP) is 2.82. The smallest absolute Gasteiger partial charge is 0.225 e. The molecular weight excluding hydrogens is 358 g/mol. The molecule has 0 radical (unpaired) electrons. The van der Waals surface area contributed by atoms with Crippen molar-refractivity contribution >= 4 is 23.2 Å². The van der Waals surface area contributed by atoms with Crippen molar-refractivity contribution in [2.45, 2.75) is 25.9 Å². The van der Waals surface area contributed by atoms with Crippen molar-refractivity contribution in [1.82, 2.24) is 15.1 Å². The summed E-state index contributed by atoms with van der Waals surface area (Å²) in [5.41, 5.74) is 2.30. The lowest BCUT2D eigenvalue weighted by Crippen LogP contribution is -2.38. The van der Waals surface area contributed by atoms with Crippen LogP contribution in [0.1, 0.15) is 28.5 Å². The molecule has 2 aromatic rings. The van der Waals surface area contributed by atoms with Crippen LogP contribution < -0.4 is 5.32 Å². The monoisotopic (exact) mass is 385 g/mol. The average molecular weight is 386 g/mol. The summed E-state index contributed by atoms with van der Waals surface area (Å²) < 4.78 is 0. The molecule has 5 nitrogen and oxygen atoms in total. The minimum atomic E-state index is -0.269.